The molecule has 1 aromatic heterocycles. The molecule has 1 aromatic carbocycles. The van der Waals surface area contributed by atoms with Crippen LogP contribution in [0.1, 0.15) is 28.8 Å². The Morgan fingerprint density at radius 1 is 1.00 bits per heavy atom. The molecular weight excluding hydrogens is 345 g/mol. The number of nitrogens with zero attached hydrogens (tertiary/aromatic N) is 3. The Morgan fingerprint density at radius 3 is 2.48 bits per heavy atom. The fraction of sp³-hybridized carbons (Fsp3) is 0.381. The fourth-order valence-electron chi connectivity index (χ4n) is 4.11. The van der Waals surface area contributed by atoms with E-state index in [2.05, 4.69) is 4.98 Å². The zero-order chi connectivity index (χ0) is 18.8. The van der Waals surface area contributed by atoms with E-state index >= 15 is 0 Å². The van der Waals surface area contributed by atoms with Crippen molar-refractivity contribution in [1.29, 1.82) is 0 Å². The van der Waals surface area contributed by atoms with Crippen LogP contribution >= 0.6 is 0 Å². The molecule has 2 amide bonds. The molecule has 3 aliphatic heterocycles. The number of piperidine rings is 1. The molecule has 3 fully saturated rings. The van der Waals surface area contributed by atoms with Crippen molar-refractivity contribution in [3.05, 3.63) is 65.7 Å². The van der Waals surface area contributed by atoms with E-state index < -0.39 is 0 Å². The van der Waals surface area contributed by atoms with E-state index in [1.165, 1.54) is 12.1 Å². The summed E-state index contributed by atoms with van der Waals surface area (Å²) in [4.78, 5) is 33.5. The topological polar surface area (TPSA) is 53.5 Å². The van der Waals surface area contributed by atoms with Gasteiger partial charge in [-0.25, -0.2) is 4.39 Å². The van der Waals surface area contributed by atoms with Gasteiger partial charge in [0.1, 0.15) is 5.82 Å². The lowest BCUT2D eigenvalue weighted by Crippen LogP contribution is -2.48. The summed E-state index contributed by atoms with van der Waals surface area (Å²) in [5, 5.41) is 0. The molecule has 4 heterocycles. The Kier molecular flexibility index (Phi) is 4.88. The Labute approximate surface area is 157 Å². The average Bonchev–Trinajstić information content (AvgIpc) is 3.02. The average molecular weight is 367 g/mol. The van der Waals surface area contributed by atoms with Gasteiger partial charge in [0.2, 0.25) is 5.91 Å². The summed E-state index contributed by atoms with van der Waals surface area (Å²) < 4.78 is 13.1. The molecule has 2 bridgehead atoms. The number of hydrogen-bond acceptors (Lipinski definition) is 3. The monoisotopic (exact) mass is 367 g/mol. The largest absolute Gasteiger partial charge is 0.337 e. The summed E-state index contributed by atoms with van der Waals surface area (Å²) in [6.07, 6.45) is 5.46. The van der Waals surface area contributed by atoms with Gasteiger partial charge in [-0.15, -0.1) is 0 Å². The third-order valence-corrected chi connectivity index (χ3v) is 5.52. The molecule has 27 heavy (non-hydrogen) atoms. The van der Waals surface area contributed by atoms with E-state index in [9.17, 15) is 14.0 Å². The fourth-order valence-corrected chi connectivity index (χ4v) is 4.11. The minimum atomic E-state index is -0.301. The van der Waals surface area contributed by atoms with E-state index in [0.717, 1.165) is 18.4 Å². The van der Waals surface area contributed by atoms with Crippen molar-refractivity contribution >= 4 is 11.8 Å². The first-order valence-corrected chi connectivity index (χ1v) is 9.33. The van der Waals surface area contributed by atoms with E-state index in [1.54, 1.807) is 36.7 Å². The minimum absolute atomic E-state index is 0.00198. The van der Waals surface area contributed by atoms with E-state index in [-0.39, 0.29) is 30.1 Å². The number of aromatic nitrogens is 1. The predicted octanol–water partition coefficient (Wildman–Crippen LogP) is 2.53. The van der Waals surface area contributed by atoms with Crippen LogP contribution in [0.15, 0.2) is 48.8 Å². The predicted molar refractivity (Wildman–Crippen MR) is 98.5 cm³/mol. The summed E-state index contributed by atoms with van der Waals surface area (Å²) in [6, 6.07) is 9.57. The Balaban J connectivity index is 1.47. The lowest BCUT2D eigenvalue weighted by molar-refractivity contribution is -0.134. The van der Waals surface area contributed by atoms with Gasteiger partial charge in [0, 0.05) is 43.6 Å². The molecule has 0 saturated carbocycles. The second-order valence-corrected chi connectivity index (χ2v) is 7.39. The van der Waals surface area contributed by atoms with Gasteiger partial charge in [-0.05, 0) is 48.6 Å². The highest BCUT2D eigenvalue weighted by Gasteiger charge is 2.38. The molecular formula is C21H22FN3O2. The number of carbonyl (C=O) groups excluding carboxylic acids is 2. The maximum absolute atomic E-state index is 13.1. The van der Waals surface area contributed by atoms with Crippen LogP contribution in [0, 0.1) is 11.7 Å². The molecule has 5 nitrogen and oxygen atoms in total. The van der Waals surface area contributed by atoms with Crippen molar-refractivity contribution in [2.75, 3.05) is 19.6 Å². The van der Waals surface area contributed by atoms with E-state index in [4.69, 9.17) is 0 Å². The highest BCUT2D eigenvalue weighted by Crippen LogP contribution is 2.29. The zero-order valence-corrected chi connectivity index (χ0v) is 15.1. The summed E-state index contributed by atoms with van der Waals surface area (Å²) in [7, 11) is 0. The van der Waals surface area contributed by atoms with E-state index in [0.29, 0.717) is 31.1 Å². The number of carbonyl (C=O) groups is 2. The van der Waals surface area contributed by atoms with Gasteiger partial charge >= 0.3 is 0 Å². The first kappa shape index (κ1) is 17.6. The molecule has 5 rings (SSSR count). The molecule has 0 aliphatic carbocycles. The number of hydrogen-bond donors (Lipinski definition) is 0. The highest BCUT2D eigenvalue weighted by molar-refractivity contribution is 5.94. The van der Waals surface area contributed by atoms with Gasteiger partial charge in [-0.1, -0.05) is 12.1 Å². The van der Waals surface area contributed by atoms with Crippen LogP contribution in [0.5, 0.6) is 0 Å². The molecule has 0 radical (unpaired) electrons. The van der Waals surface area contributed by atoms with Crippen LogP contribution in [0.25, 0.3) is 0 Å². The van der Waals surface area contributed by atoms with Gasteiger partial charge < -0.3 is 9.80 Å². The number of pyridine rings is 1. The summed E-state index contributed by atoms with van der Waals surface area (Å²) in [5.41, 5.74) is 1.45. The van der Waals surface area contributed by atoms with Crippen LogP contribution in [0.3, 0.4) is 0 Å². The number of fused-ring (bicyclic) bond motifs is 4. The van der Waals surface area contributed by atoms with E-state index in [1.807, 2.05) is 9.80 Å². The second kappa shape index (κ2) is 7.47. The first-order chi connectivity index (χ1) is 13.1. The van der Waals surface area contributed by atoms with Crippen LogP contribution in [0.4, 0.5) is 4.39 Å². The molecule has 2 atom stereocenters. The molecule has 6 heteroatoms. The molecule has 0 unspecified atom stereocenters. The Hall–Kier alpha value is -2.76. The van der Waals surface area contributed by atoms with Gasteiger partial charge in [-0.3, -0.25) is 14.6 Å². The maximum Gasteiger partial charge on any atom is 0.254 e. The maximum atomic E-state index is 13.1. The van der Waals surface area contributed by atoms with Crippen molar-refractivity contribution in [3.63, 3.8) is 0 Å². The molecule has 0 spiro atoms. The third kappa shape index (κ3) is 3.84. The van der Waals surface area contributed by atoms with Crippen molar-refractivity contribution < 1.29 is 14.0 Å². The first-order valence-electron chi connectivity index (χ1n) is 9.33. The van der Waals surface area contributed by atoms with Crippen LogP contribution < -0.4 is 0 Å². The number of benzene rings is 1. The minimum Gasteiger partial charge on any atom is -0.337 e. The summed E-state index contributed by atoms with van der Waals surface area (Å²) >= 11 is 0. The summed E-state index contributed by atoms with van der Waals surface area (Å²) in [6.45, 7) is 1.93. The highest BCUT2D eigenvalue weighted by atomic mass is 19.1. The lowest BCUT2D eigenvalue weighted by Gasteiger charge is -2.36. The standard InChI is InChI=1S/C21H22FN3O2/c22-18-4-1-15(2-5-18)11-20(26)25-13-16-3-6-19(25)14-24(12-16)21(27)17-7-9-23-10-8-17/h1-2,4-5,7-10,16,19H,3,6,11-14H2/t16-,19+/m0/s1. The molecule has 3 saturated heterocycles. The number of amides is 2. The van der Waals surface area contributed by atoms with Gasteiger partial charge in [0.15, 0.2) is 0 Å². The van der Waals surface area contributed by atoms with Gasteiger partial charge in [0.05, 0.1) is 6.42 Å². The normalized spacial score (nSPS) is 21.8. The van der Waals surface area contributed by atoms with Crippen LogP contribution in [-0.4, -0.2) is 52.3 Å². The smallest absolute Gasteiger partial charge is 0.254 e. The van der Waals surface area contributed by atoms with Gasteiger partial charge in [-0.2, -0.15) is 0 Å². The number of halogens is 1. The zero-order valence-electron chi connectivity index (χ0n) is 15.1. The van der Waals surface area contributed by atoms with Crippen molar-refractivity contribution in [3.8, 4) is 0 Å². The van der Waals surface area contributed by atoms with Crippen LogP contribution in [-0.2, 0) is 11.2 Å². The van der Waals surface area contributed by atoms with Crippen molar-refractivity contribution in [2.45, 2.75) is 25.3 Å². The Bertz CT molecular complexity index is 825. The molecule has 0 N–H and O–H groups in total. The summed E-state index contributed by atoms with van der Waals surface area (Å²) in [5.74, 6) is 0.0497. The molecule has 140 valence electrons. The Morgan fingerprint density at radius 2 is 1.74 bits per heavy atom. The van der Waals surface area contributed by atoms with Crippen molar-refractivity contribution in [2.24, 2.45) is 5.92 Å². The third-order valence-electron chi connectivity index (χ3n) is 5.52. The quantitative estimate of drug-likeness (QED) is 0.838. The van der Waals surface area contributed by atoms with Crippen molar-refractivity contribution in [1.82, 2.24) is 14.8 Å². The lowest BCUT2D eigenvalue weighted by atomic mass is 9.94. The second-order valence-electron chi connectivity index (χ2n) is 7.39. The number of rotatable bonds is 3. The van der Waals surface area contributed by atoms with Gasteiger partial charge in [0.25, 0.3) is 5.91 Å². The molecule has 2 aromatic rings. The SMILES string of the molecule is O=C(c1ccncc1)N1C[C@@H]2CC[C@H](C1)N(C(=O)Cc1ccc(F)cc1)C2. The van der Waals surface area contributed by atoms with Crippen LogP contribution in [0.2, 0.25) is 0 Å². The molecule has 3 aliphatic rings.